The first-order valence-electron chi connectivity index (χ1n) is 7.60. The van der Waals surface area contributed by atoms with Crippen LogP contribution in [0.1, 0.15) is 12.2 Å². The van der Waals surface area contributed by atoms with E-state index in [0.29, 0.717) is 36.9 Å². The molecule has 0 saturated carbocycles. The Morgan fingerprint density at radius 2 is 2.21 bits per heavy atom. The van der Waals surface area contributed by atoms with Crippen LogP contribution in [0.2, 0.25) is 0 Å². The highest BCUT2D eigenvalue weighted by Crippen LogP contribution is 2.40. The molecule has 9 heteroatoms. The van der Waals surface area contributed by atoms with E-state index in [-0.39, 0.29) is 6.03 Å². The van der Waals surface area contributed by atoms with E-state index in [9.17, 15) is 4.79 Å². The van der Waals surface area contributed by atoms with Gasteiger partial charge in [0.05, 0.1) is 4.47 Å². The molecule has 2 aromatic rings. The third-order valence-electron chi connectivity index (χ3n) is 3.36. The number of fused-ring (bicyclic) bond motifs is 1. The molecule has 1 aromatic carbocycles. The van der Waals surface area contributed by atoms with E-state index in [1.165, 1.54) is 0 Å². The molecule has 0 aliphatic carbocycles. The third-order valence-corrected chi connectivity index (χ3v) is 3.95. The average molecular weight is 396 g/mol. The van der Waals surface area contributed by atoms with Gasteiger partial charge in [0.2, 0.25) is 0 Å². The van der Waals surface area contributed by atoms with Crippen LogP contribution in [0.15, 0.2) is 22.9 Å². The predicted molar refractivity (Wildman–Crippen MR) is 91.5 cm³/mol. The number of hydrogen-bond acceptors (Lipinski definition) is 5. The predicted octanol–water partition coefficient (Wildman–Crippen LogP) is 2.10. The van der Waals surface area contributed by atoms with Crippen molar-refractivity contribution >= 4 is 27.6 Å². The summed E-state index contributed by atoms with van der Waals surface area (Å²) in [5, 5.41) is 9.78. The van der Waals surface area contributed by atoms with Gasteiger partial charge in [0.25, 0.3) is 0 Å². The van der Waals surface area contributed by atoms with Gasteiger partial charge in [0.1, 0.15) is 19.5 Å². The summed E-state index contributed by atoms with van der Waals surface area (Å²) in [4.78, 5) is 16.1. The van der Waals surface area contributed by atoms with Crippen molar-refractivity contribution in [3.05, 3.63) is 28.8 Å². The van der Waals surface area contributed by atoms with Gasteiger partial charge in [-0.25, -0.2) is 9.78 Å². The van der Waals surface area contributed by atoms with E-state index in [2.05, 4.69) is 36.6 Å². The lowest BCUT2D eigenvalue weighted by molar-refractivity contribution is 0.170. The van der Waals surface area contributed by atoms with Crippen LogP contribution in [0.5, 0.6) is 11.5 Å². The highest BCUT2D eigenvalue weighted by molar-refractivity contribution is 9.10. The van der Waals surface area contributed by atoms with Crippen molar-refractivity contribution in [3.63, 3.8) is 0 Å². The van der Waals surface area contributed by atoms with E-state index in [1.807, 2.05) is 7.05 Å². The second kappa shape index (κ2) is 7.52. The Morgan fingerprint density at radius 3 is 3.00 bits per heavy atom. The summed E-state index contributed by atoms with van der Waals surface area (Å²) in [5.74, 6) is 2.05. The summed E-state index contributed by atoms with van der Waals surface area (Å²) in [6.07, 6.45) is 3.15. The van der Waals surface area contributed by atoms with Gasteiger partial charge in [-0.15, -0.1) is 0 Å². The van der Waals surface area contributed by atoms with Gasteiger partial charge in [-0.05, 0) is 28.4 Å². The summed E-state index contributed by atoms with van der Waals surface area (Å²) >= 11 is 3.42. The number of benzene rings is 1. The molecule has 1 aliphatic heterocycles. The Balaban J connectivity index is 1.47. The maximum atomic E-state index is 12.0. The molecular weight excluding hydrogens is 378 g/mol. The van der Waals surface area contributed by atoms with Crippen LogP contribution >= 0.6 is 15.9 Å². The van der Waals surface area contributed by atoms with Gasteiger partial charge in [-0.3, -0.25) is 4.68 Å². The summed E-state index contributed by atoms with van der Waals surface area (Å²) in [6.45, 7) is 1.55. The highest BCUT2D eigenvalue weighted by Gasteiger charge is 2.17. The first-order valence-corrected chi connectivity index (χ1v) is 8.39. The maximum absolute atomic E-state index is 12.0. The maximum Gasteiger partial charge on any atom is 0.319 e. The smallest absolute Gasteiger partial charge is 0.319 e. The Morgan fingerprint density at radius 1 is 1.38 bits per heavy atom. The lowest BCUT2D eigenvalue weighted by Crippen LogP contribution is -2.30. The molecule has 0 atom stereocenters. The largest absolute Gasteiger partial charge is 0.486 e. The van der Waals surface area contributed by atoms with Crippen molar-refractivity contribution in [1.82, 2.24) is 20.1 Å². The van der Waals surface area contributed by atoms with Crippen LogP contribution in [0.3, 0.4) is 0 Å². The van der Waals surface area contributed by atoms with Gasteiger partial charge in [0, 0.05) is 31.8 Å². The second-order valence-corrected chi connectivity index (χ2v) is 6.16. The summed E-state index contributed by atoms with van der Waals surface area (Å²) in [5.41, 5.74) is 0.634. The number of ether oxygens (including phenoxy) is 2. The molecule has 0 saturated heterocycles. The summed E-state index contributed by atoms with van der Waals surface area (Å²) in [7, 11) is 1.83. The van der Waals surface area contributed by atoms with Gasteiger partial charge in [-0.2, -0.15) is 5.10 Å². The van der Waals surface area contributed by atoms with E-state index < -0.39 is 0 Å². The second-order valence-electron chi connectivity index (χ2n) is 5.30. The van der Waals surface area contributed by atoms with Crippen molar-refractivity contribution in [2.24, 2.45) is 7.05 Å². The number of hydrogen-bond donors (Lipinski definition) is 2. The molecule has 0 fully saturated rings. The molecule has 2 amide bonds. The van der Waals surface area contributed by atoms with Gasteiger partial charge in [-0.1, -0.05) is 0 Å². The molecule has 3 rings (SSSR count). The van der Waals surface area contributed by atoms with E-state index in [1.54, 1.807) is 23.1 Å². The van der Waals surface area contributed by atoms with Crippen molar-refractivity contribution in [2.45, 2.75) is 12.8 Å². The molecule has 128 valence electrons. The minimum Gasteiger partial charge on any atom is -0.486 e. The number of urea groups is 1. The number of aryl methyl sites for hydroxylation is 2. The zero-order valence-electron chi connectivity index (χ0n) is 13.2. The molecule has 0 radical (unpaired) electrons. The molecule has 0 spiro atoms. The van der Waals surface area contributed by atoms with Crippen LogP contribution < -0.4 is 20.1 Å². The molecule has 8 nitrogen and oxygen atoms in total. The lowest BCUT2D eigenvalue weighted by Gasteiger charge is -2.20. The Labute approximate surface area is 147 Å². The normalized spacial score (nSPS) is 12.8. The van der Waals surface area contributed by atoms with Crippen molar-refractivity contribution in [2.75, 3.05) is 25.1 Å². The van der Waals surface area contributed by atoms with Crippen LogP contribution in [0.4, 0.5) is 10.5 Å². The molecule has 1 aliphatic rings. The SMILES string of the molecule is Cn1cnc(CCCNC(=O)Nc2cc(Br)c3c(c2)OCCO3)n1. The number of anilines is 1. The van der Waals surface area contributed by atoms with Crippen molar-refractivity contribution < 1.29 is 14.3 Å². The fourth-order valence-corrected chi connectivity index (χ4v) is 2.86. The lowest BCUT2D eigenvalue weighted by atomic mass is 10.2. The molecule has 2 N–H and O–H groups in total. The summed E-state index contributed by atoms with van der Waals surface area (Å²) < 4.78 is 13.5. The van der Waals surface area contributed by atoms with E-state index >= 15 is 0 Å². The molecule has 1 aromatic heterocycles. The number of nitrogens with zero attached hydrogens (tertiary/aromatic N) is 3. The number of amides is 2. The van der Waals surface area contributed by atoms with E-state index in [4.69, 9.17) is 9.47 Å². The van der Waals surface area contributed by atoms with Crippen molar-refractivity contribution in [3.8, 4) is 11.5 Å². The zero-order valence-corrected chi connectivity index (χ0v) is 14.8. The Hall–Kier alpha value is -2.29. The Kier molecular flexibility index (Phi) is 5.19. The molecular formula is C15H18BrN5O3. The fourth-order valence-electron chi connectivity index (χ4n) is 2.31. The summed E-state index contributed by atoms with van der Waals surface area (Å²) in [6, 6.07) is 3.26. The first-order chi connectivity index (χ1) is 11.6. The first kappa shape index (κ1) is 16.6. The minimum absolute atomic E-state index is 0.271. The number of carbonyl (C=O) groups is 1. The molecule has 24 heavy (non-hydrogen) atoms. The zero-order chi connectivity index (χ0) is 16.9. The number of rotatable bonds is 5. The molecule has 0 unspecified atom stereocenters. The molecule has 0 bridgehead atoms. The van der Waals surface area contributed by atoms with Crippen molar-refractivity contribution in [1.29, 1.82) is 0 Å². The fraction of sp³-hybridized carbons (Fsp3) is 0.400. The monoisotopic (exact) mass is 395 g/mol. The van der Waals surface area contributed by atoms with Crippen LogP contribution in [0, 0.1) is 0 Å². The number of nitrogens with one attached hydrogen (secondary N) is 2. The topological polar surface area (TPSA) is 90.3 Å². The van der Waals surface area contributed by atoms with Gasteiger partial charge >= 0.3 is 6.03 Å². The standard InChI is InChI=1S/C15H18BrN5O3/c1-21-9-18-13(20-21)3-2-4-17-15(22)19-10-7-11(16)14-12(8-10)23-5-6-24-14/h7-9H,2-6H2,1H3,(H2,17,19,22). The molecule has 2 heterocycles. The van der Waals surface area contributed by atoms with Crippen LogP contribution in [-0.4, -0.2) is 40.6 Å². The highest BCUT2D eigenvalue weighted by atomic mass is 79.9. The quantitative estimate of drug-likeness (QED) is 0.756. The number of carbonyl (C=O) groups excluding carboxylic acids is 1. The average Bonchev–Trinajstić information content (AvgIpc) is 2.97. The Bertz CT molecular complexity index is 734. The number of aromatic nitrogens is 3. The van der Waals surface area contributed by atoms with Gasteiger partial charge in [0.15, 0.2) is 17.3 Å². The van der Waals surface area contributed by atoms with Crippen LogP contribution in [0.25, 0.3) is 0 Å². The van der Waals surface area contributed by atoms with Gasteiger partial charge < -0.3 is 20.1 Å². The van der Waals surface area contributed by atoms with Crippen LogP contribution in [-0.2, 0) is 13.5 Å². The minimum atomic E-state index is -0.271. The number of halogens is 1. The third kappa shape index (κ3) is 4.16. The van der Waals surface area contributed by atoms with E-state index in [0.717, 1.165) is 23.1 Å².